The molecule has 0 spiro atoms. The molecule has 2 aromatic carbocycles. The van der Waals surface area contributed by atoms with Crippen LogP contribution in [0.4, 0.5) is 21.7 Å². The van der Waals surface area contributed by atoms with Crippen LogP contribution in [0.2, 0.25) is 0 Å². The highest BCUT2D eigenvalue weighted by molar-refractivity contribution is 6.03. The normalized spacial score (nSPS) is 10.7. The summed E-state index contributed by atoms with van der Waals surface area (Å²) in [5.74, 6) is -0.181. The number of nitrogens with zero attached hydrogens (tertiary/aromatic N) is 2. The summed E-state index contributed by atoms with van der Waals surface area (Å²) in [6.07, 6.45) is 0. The fourth-order valence-electron chi connectivity index (χ4n) is 2.57. The lowest BCUT2D eigenvalue weighted by atomic mass is 10.0. The van der Waals surface area contributed by atoms with Crippen LogP contribution in [-0.2, 0) is 0 Å². The average Bonchev–Trinajstić information content (AvgIpc) is 2.63. The largest absolute Gasteiger partial charge is 0.322 e. The molecule has 3 aromatic rings. The third-order valence-electron chi connectivity index (χ3n) is 4.04. The van der Waals surface area contributed by atoms with Gasteiger partial charge >= 0.3 is 0 Å². The molecule has 0 unspecified atom stereocenters. The third-order valence-corrected chi connectivity index (χ3v) is 4.04. The Morgan fingerprint density at radius 2 is 1.74 bits per heavy atom. The van der Waals surface area contributed by atoms with Crippen molar-refractivity contribution in [2.24, 2.45) is 0 Å². The molecule has 0 saturated heterocycles. The summed E-state index contributed by atoms with van der Waals surface area (Å²) < 4.78 is 13.8. The standard InChI is InChI=1S/C21H21FN4O/c1-13(2)15-8-10-16(11-9-15)24-20(27)19-12-14(3)23-21(26-19)25-18-7-5-4-6-17(18)22/h4-13H,1-3H3,(H,24,27)(H,23,25,26). The van der Waals surface area contributed by atoms with Gasteiger partial charge in [-0.1, -0.05) is 38.1 Å². The van der Waals surface area contributed by atoms with E-state index < -0.39 is 5.82 Å². The molecule has 1 aromatic heterocycles. The summed E-state index contributed by atoms with van der Waals surface area (Å²) in [4.78, 5) is 21.0. The Balaban J connectivity index is 1.78. The van der Waals surface area contributed by atoms with E-state index in [0.717, 1.165) is 0 Å². The number of rotatable bonds is 5. The van der Waals surface area contributed by atoms with E-state index in [1.165, 1.54) is 11.6 Å². The summed E-state index contributed by atoms with van der Waals surface area (Å²) >= 11 is 0. The second-order valence-electron chi connectivity index (χ2n) is 6.55. The second-order valence-corrected chi connectivity index (χ2v) is 6.55. The van der Waals surface area contributed by atoms with Crippen LogP contribution < -0.4 is 10.6 Å². The maximum absolute atomic E-state index is 13.8. The van der Waals surface area contributed by atoms with Crippen molar-refractivity contribution in [3.63, 3.8) is 0 Å². The van der Waals surface area contributed by atoms with Crippen LogP contribution in [0.25, 0.3) is 0 Å². The molecule has 6 heteroatoms. The number of amides is 1. The number of benzene rings is 2. The number of carbonyl (C=O) groups excluding carboxylic acids is 1. The predicted octanol–water partition coefficient (Wildman–Crippen LogP) is 5.04. The molecule has 0 bridgehead atoms. The van der Waals surface area contributed by atoms with Gasteiger partial charge in [-0.05, 0) is 48.7 Å². The molecule has 0 radical (unpaired) electrons. The number of aromatic nitrogens is 2. The highest BCUT2D eigenvalue weighted by Gasteiger charge is 2.12. The molecular formula is C21H21FN4O. The van der Waals surface area contributed by atoms with Gasteiger partial charge in [0.25, 0.3) is 5.91 Å². The number of aryl methyl sites for hydroxylation is 1. The van der Waals surface area contributed by atoms with Gasteiger partial charge < -0.3 is 10.6 Å². The van der Waals surface area contributed by atoms with Crippen molar-refractivity contribution in [3.05, 3.63) is 77.4 Å². The molecule has 0 aliphatic carbocycles. The summed E-state index contributed by atoms with van der Waals surface area (Å²) in [7, 11) is 0. The first-order chi connectivity index (χ1) is 12.9. The Labute approximate surface area is 157 Å². The summed E-state index contributed by atoms with van der Waals surface area (Å²) in [6, 6.07) is 15.5. The minimum Gasteiger partial charge on any atom is -0.322 e. The molecular weight excluding hydrogens is 343 g/mol. The first kappa shape index (κ1) is 18.5. The van der Waals surface area contributed by atoms with Gasteiger partial charge in [0, 0.05) is 11.4 Å². The van der Waals surface area contributed by atoms with Crippen LogP contribution in [0.3, 0.4) is 0 Å². The highest BCUT2D eigenvalue weighted by atomic mass is 19.1. The van der Waals surface area contributed by atoms with Crippen molar-refractivity contribution in [2.45, 2.75) is 26.7 Å². The molecule has 1 amide bonds. The number of halogens is 1. The lowest BCUT2D eigenvalue weighted by Gasteiger charge is -2.10. The zero-order valence-electron chi connectivity index (χ0n) is 15.5. The molecule has 0 saturated carbocycles. The number of carbonyl (C=O) groups is 1. The van der Waals surface area contributed by atoms with Crippen LogP contribution in [0.1, 0.15) is 41.5 Å². The zero-order valence-corrected chi connectivity index (χ0v) is 15.5. The third kappa shape index (κ3) is 4.67. The Kier molecular flexibility index (Phi) is 5.45. The Bertz CT molecular complexity index is 955. The van der Waals surface area contributed by atoms with Crippen molar-refractivity contribution in [1.29, 1.82) is 0 Å². The molecule has 3 rings (SSSR count). The van der Waals surface area contributed by atoms with Gasteiger partial charge in [0.1, 0.15) is 11.5 Å². The fourth-order valence-corrected chi connectivity index (χ4v) is 2.57. The van der Waals surface area contributed by atoms with Gasteiger partial charge in [-0.3, -0.25) is 4.79 Å². The summed E-state index contributed by atoms with van der Waals surface area (Å²) in [6.45, 7) is 5.98. The average molecular weight is 364 g/mol. The number of hydrogen-bond acceptors (Lipinski definition) is 4. The topological polar surface area (TPSA) is 66.9 Å². The van der Waals surface area contributed by atoms with E-state index in [2.05, 4.69) is 34.4 Å². The quantitative estimate of drug-likeness (QED) is 0.665. The van der Waals surface area contributed by atoms with E-state index in [1.807, 2.05) is 24.3 Å². The van der Waals surface area contributed by atoms with E-state index in [1.54, 1.807) is 31.2 Å². The molecule has 5 nitrogen and oxygen atoms in total. The molecule has 27 heavy (non-hydrogen) atoms. The zero-order chi connectivity index (χ0) is 19.4. The SMILES string of the molecule is Cc1cc(C(=O)Nc2ccc(C(C)C)cc2)nc(Nc2ccccc2F)n1. The minimum atomic E-state index is -0.418. The monoisotopic (exact) mass is 364 g/mol. The molecule has 2 N–H and O–H groups in total. The van der Waals surface area contributed by atoms with Crippen molar-refractivity contribution in [3.8, 4) is 0 Å². The molecule has 0 aliphatic rings. The van der Waals surface area contributed by atoms with E-state index in [0.29, 0.717) is 17.3 Å². The van der Waals surface area contributed by atoms with E-state index >= 15 is 0 Å². The van der Waals surface area contributed by atoms with Crippen molar-refractivity contribution in [1.82, 2.24) is 9.97 Å². The highest BCUT2D eigenvalue weighted by Crippen LogP contribution is 2.19. The first-order valence-corrected chi connectivity index (χ1v) is 8.71. The second kappa shape index (κ2) is 7.95. The van der Waals surface area contributed by atoms with Crippen LogP contribution >= 0.6 is 0 Å². The molecule has 0 aliphatic heterocycles. The Hall–Kier alpha value is -3.28. The van der Waals surface area contributed by atoms with Gasteiger partial charge in [0.05, 0.1) is 5.69 Å². The molecule has 0 atom stereocenters. The minimum absolute atomic E-state index is 0.167. The number of anilines is 3. The first-order valence-electron chi connectivity index (χ1n) is 8.71. The van der Waals surface area contributed by atoms with Crippen LogP contribution in [0, 0.1) is 12.7 Å². The fraction of sp³-hybridized carbons (Fsp3) is 0.190. The van der Waals surface area contributed by atoms with E-state index in [9.17, 15) is 9.18 Å². The smallest absolute Gasteiger partial charge is 0.274 e. The van der Waals surface area contributed by atoms with Gasteiger partial charge in [-0.2, -0.15) is 0 Å². The van der Waals surface area contributed by atoms with Crippen molar-refractivity contribution >= 4 is 23.2 Å². The van der Waals surface area contributed by atoms with Gasteiger partial charge in [0.2, 0.25) is 5.95 Å². The van der Waals surface area contributed by atoms with E-state index in [-0.39, 0.29) is 23.2 Å². The van der Waals surface area contributed by atoms with Crippen molar-refractivity contribution in [2.75, 3.05) is 10.6 Å². The van der Waals surface area contributed by atoms with Crippen molar-refractivity contribution < 1.29 is 9.18 Å². The number of nitrogens with one attached hydrogen (secondary N) is 2. The maximum Gasteiger partial charge on any atom is 0.274 e. The Morgan fingerprint density at radius 1 is 1.04 bits per heavy atom. The van der Waals surface area contributed by atoms with Crippen LogP contribution in [-0.4, -0.2) is 15.9 Å². The molecule has 1 heterocycles. The van der Waals surface area contributed by atoms with Crippen LogP contribution in [0.15, 0.2) is 54.6 Å². The lowest BCUT2D eigenvalue weighted by molar-refractivity contribution is 0.102. The van der Waals surface area contributed by atoms with Crippen LogP contribution in [0.5, 0.6) is 0 Å². The van der Waals surface area contributed by atoms with Gasteiger partial charge in [0.15, 0.2) is 0 Å². The number of hydrogen-bond donors (Lipinski definition) is 2. The maximum atomic E-state index is 13.8. The summed E-state index contributed by atoms with van der Waals surface area (Å²) in [5.41, 5.74) is 2.93. The van der Waals surface area contributed by atoms with E-state index in [4.69, 9.17) is 0 Å². The molecule has 138 valence electrons. The molecule has 0 fully saturated rings. The number of para-hydroxylation sites is 1. The lowest BCUT2D eigenvalue weighted by Crippen LogP contribution is -2.15. The Morgan fingerprint density at radius 3 is 2.41 bits per heavy atom. The van der Waals surface area contributed by atoms with Gasteiger partial charge in [-0.25, -0.2) is 14.4 Å². The van der Waals surface area contributed by atoms with Gasteiger partial charge in [-0.15, -0.1) is 0 Å². The summed E-state index contributed by atoms with van der Waals surface area (Å²) in [5, 5.41) is 5.64. The predicted molar refractivity (Wildman–Crippen MR) is 105 cm³/mol.